The Morgan fingerprint density at radius 1 is 1.29 bits per heavy atom. The van der Waals surface area contributed by atoms with E-state index in [1.807, 2.05) is 0 Å². The SMILES string of the molecule is CC1OC(=O)CC1NC(=O)C1CCCN2C(=O)CCC(N)C(=O)N12. The molecule has 3 aliphatic rings. The molecular weight excluding hydrogens is 316 g/mol. The van der Waals surface area contributed by atoms with Crippen molar-refractivity contribution in [3.63, 3.8) is 0 Å². The van der Waals surface area contributed by atoms with Crippen LogP contribution in [0.15, 0.2) is 0 Å². The molecule has 0 spiro atoms. The van der Waals surface area contributed by atoms with Gasteiger partial charge in [0.05, 0.1) is 18.5 Å². The number of esters is 1. The van der Waals surface area contributed by atoms with Gasteiger partial charge in [-0.2, -0.15) is 0 Å². The Kier molecular flexibility index (Phi) is 4.44. The van der Waals surface area contributed by atoms with E-state index >= 15 is 0 Å². The Labute approximate surface area is 139 Å². The molecule has 3 aliphatic heterocycles. The van der Waals surface area contributed by atoms with Crippen LogP contribution in [0, 0.1) is 0 Å². The lowest BCUT2D eigenvalue weighted by atomic mass is 10.0. The number of amides is 3. The van der Waals surface area contributed by atoms with Gasteiger partial charge < -0.3 is 15.8 Å². The second-order valence-electron chi connectivity index (χ2n) is 6.52. The number of carbonyl (C=O) groups excluding carboxylic acids is 4. The second-order valence-corrected chi connectivity index (χ2v) is 6.52. The smallest absolute Gasteiger partial charge is 0.308 e. The molecule has 3 saturated heterocycles. The van der Waals surface area contributed by atoms with Crippen molar-refractivity contribution in [3.8, 4) is 0 Å². The maximum Gasteiger partial charge on any atom is 0.308 e. The third kappa shape index (κ3) is 2.95. The molecule has 0 aliphatic carbocycles. The van der Waals surface area contributed by atoms with Gasteiger partial charge in [0.25, 0.3) is 5.91 Å². The van der Waals surface area contributed by atoms with Crippen molar-refractivity contribution in [2.75, 3.05) is 6.54 Å². The minimum atomic E-state index is -0.790. The molecule has 0 bridgehead atoms. The standard InChI is InChI=1S/C15H22N4O5/c1-8-10(7-13(21)24-8)17-14(22)11-3-2-6-18-12(20)5-4-9(16)15(23)19(11)18/h8-11H,2-7,16H2,1H3,(H,17,22). The summed E-state index contributed by atoms with van der Waals surface area (Å²) in [6.07, 6.45) is 1.24. The van der Waals surface area contributed by atoms with E-state index in [9.17, 15) is 19.2 Å². The van der Waals surface area contributed by atoms with E-state index in [0.717, 1.165) is 0 Å². The Morgan fingerprint density at radius 2 is 2.04 bits per heavy atom. The van der Waals surface area contributed by atoms with Crippen LogP contribution < -0.4 is 11.1 Å². The van der Waals surface area contributed by atoms with Crippen molar-refractivity contribution in [3.05, 3.63) is 0 Å². The number of hydrogen-bond acceptors (Lipinski definition) is 6. The largest absolute Gasteiger partial charge is 0.460 e. The van der Waals surface area contributed by atoms with E-state index in [1.54, 1.807) is 6.92 Å². The molecule has 24 heavy (non-hydrogen) atoms. The molecule has 0 aromatic rings. The molecule has 0 radical (unpaired) electrons. The molecule has 3 heterocycles. The molecule has 3 amide bonds. The fraction of sp³-hybridized carbons (Fsp3) is 0.733. The first kappa shape index (κ1) is 16.7. The summed E-state index contributed by atoms with van der Waals surface area (Å²) < 4.78 is 5.03. The van der Waals surface area contributed by atoms with Gasteiger partial charge in [-0.05, 0) is 26.2 Å². The van der Waals surface area contributed by atoms with Crippen LogP contribution in [0.25, 0.3) is 0 Å². The number of nitrogens with two attached hydrogens (primary N) is 1. The fourth-order valence-corrected chi connectivity index (χ4v) is 3.42. The summed E-state index contributed by atoms with van der Waals surface area (Å²) >= 11 is 0. The minimum absolute atomic E-state index is 0.107. The van der Waals surface area contributed by atoms with Gasteiger partial charge in [-0.25, -0.2) is 5.01 Å². The van der Waals surface area contributed by atoms with Gasteiger partial charge in [0, 0.05) is 13.0 Å². The highest BCUT2D eigenvalue weighted by molar-refractivity contribution is 5.93. The van der Waals surface area contributed by atoms with Crippen LogP contribution in [0.4, 0.5) is 0 Å². The Morgan fingerprint density at radius 3 is 2.71 bits per heavy atom. The van der Waals surface area contributed by atoms with Gasteiger partial charge >= 0.3 is 5.97 Å². The molecule has 0 aromatic heterocycles. The van der Waals surface area contributed by atoms with E-state index < -0.39 is 30.1 Å². The van der Waals surface area contributed by atoms with Gasteiger partial charge in [-0.15, -0.1) is 0 Å². The Bertz CT molecular complexity index is 580. The van der Waals surface area contributed by atoms with Crippen molar-refractivity contribution >= 4 is 23.7 Å². The average Bonchev–Trinajstić information content (AvgIpc) is 2.82. The summed E-state index contributed by atoms with van der Waals surface area (Å²) in [5.41, 5.74) is 5.85. The Balaban J connectivity index is 1.78. The molecule has 0 saturated carbocycles. The number of cyclic esters (lactones) is 1. The molecule has 3 N–H and O–H groups in total. The van der Waals surface area contributed by atoms with Crippen molar-refractivity contribution in [2.24, 2.45) is 5.73 Å². The zero-order chi connectivity index (χ0) is 17.4. The van der Waals surface area contributed by atoms with Gasteiger partial charge in [0.2, 0.25) is 11.8 Å². The first-order chi connectivity index (χ1) is 11.4. The van der Waals surface area contributed by atoms with Gasteiger partial charge in [0.1, 0.15) is 12.1 Å². The maximum atomic E-state index is 12.7. The predicted octanol–water partition coefficient (Wildman–Crippen LogP) is -1.34. The number of fused-ring (bicyclic) bond motifs is 1. The molecule has 132 valence electrons. The first-order valence-corrected chi connectivity index (χ1v) is 8.27. The molecule has 9 nitrogen and oxygen atoms in total. The van der Waals surface area contributed by atoms with Gasteiger partial charge in [-0.1, -0.05) is 0 Å². The van der Waals surface area contributed by atoms with Crippen LogP contribution in [-0.4, -0.2) is 64.5 Å². The zero-order valence-corrected chi connectivity index (χ0v) is 13.6. The number of hydrogen-bond donors (Lipinski definition) is 2. The van der Waals surface area contributed by atoms with Crippen LogP contribution >= 0.6 is 0 Å². The zero-order valence-electron chi connectivity index (χ0n) is 13.6. The van der Waals surface area contributed by atoms with Crippen molar-refractivity contribution in [1.82, 2.24) is 15.3 Å². The van der Waals surface area contributed by atoms with Crippen molar-refractivity contribution in [2.45, 2.75) is 63.3 Å². The quantitative estimate of drug-likeness (QED) is 0.601. The molecule has 4 unspecified atom stereocenters. The van der Waals surface area contributed by atoms with Crippen molar-refractivity contribution in [1.29, 1.82) is 0 Å². The Hall–Kier alpha value is -2.16. The maximum absolute atomic E-state index is 12.7. The molecule has 0 aromatic carbocycles. The highest BCUT2D eigenvalue weighted by atomic mass is 16.6. The fourth-order valence-electron chi connectivity index (χ4n) is 3.42. The summed E-state index contributed by atoms with van der Waals surface area (Å²) in [5.74, 6) is -1.35. The number of ether oxygens (including phenoxy) is 1. The third-order valence-corrected chi connectivity index (χ3v) is 4.80. The highest BCUT2D eigenvalue weighted by Crippen LogP contribution is 2.25. The van der Waals surface area contributed by atoms with Crippen molar-refractivity contribution < 1.29 is 23.9 Å². The van der Waals surface area contributed by atoms with E-state index in [1.165, 1.54) is 10.0 Å². The van der Waals surface area contributed by atoms with Crippen LogP contribution in [0.5, 0.6) is 0 Å². The minimum Gasteiger partial charge on any atom is -0.460 e. The van der Waals surface area contributed by atoms with Crippen LogP contribution in [-0.2, 0) is 23.9 Å². The van der Waals surface area contributed by atoms with Gasteiger partial charge in [-0.3, -0.25) is 24.2 Å². The molecule has 3 fully saturated rings. The van der Waals surface area contributed by atoms with E-state index in [2.05, 4.69) is 5.32 Å². The topological polar surface area (TPSA) is 122 Å². The molecule has 3 rings (SSSR count). The van der Waals surface area contributed by atoms with Crippen LogP contribution in [0.3, 0.4) is 0 Å². The molecule has 4 atom stereocenters. The monoisotopic (exact) mass is 338 g/mol. The summed E-state index contributed by atoms with van der Waals surface area (Å²) in [5, 5.41) is 5.35. The number of hydrazine groups is 1. The third-order valence-electron chi connectivity index (χ3n) is 4.80. The summed E-state index contributed by atoms with van der Waals surface area (Å²) in [7, 11) is 0. The highest BCUT2D eigenvalue weighted by Gasteiger charge is 2.44. The van der Waals surface area contributed by atoms with Gasteiger partial charge in [0.15, 0.2) is 0 Å². The van der Waals surface area contributed by atoms with Crippen LogP contribution in [0.1, 0.15) is 39.0 Å². The summed E-state index contributed by atoms with van der Waals surface area (Å²) in [6.45, 7) is 2.11. The summed E-state index contributed by atoms with van der Waals surface area (Å²) in [6, 6.07) is -2.00. The predicted molar refractivity (Wildman–Crippen MR) is 80.9 cm³/mol. The number of nitrogens with one attached hydrogen (secondary N) is 1. The number of carbonyl (C=O) groups is 4. The molecule has 9 heteroatoms. The normalized spacial score (nSPS) is 33.8. The average molecular weight is 338 g/mol. The lowest BCUT2D eigenvalue weighted by Gasteiger charge is -2.43. The van der Waals surface area contributed by atoms with E-state index in [-0.39, 0.29) is 37.0 Å². The first-order valence-electron chi connectivity index (χ1n) is 8.27. The number of rotatable bonds is 2. The van der Waals surface area contributed by atoms with E-state index in [4.69, 9.17) is 10.5 Å². The van der Waals surface area contributed by atoms with E-state index in [0.29, 0.717) is 19.4 Å². The lowest BCUT2D eigenvalue weighted by Crippen LogP contribution is -2.64. The lowest BCUT2D eigenvalue weighted by molar-refractivity contribution is -0.175. The second kappa shape index (κ2) is 6.39. The summed E-state index contributed by atoms with van der Waals surface area (Å²) in [4.78, 5) is 48.8. The van der Waals surface area contributed by atoms with Crippen LogP contribution in [0.2, 0.25) is 0 Å². The number of nitrogens with zero attached hydrogens (tertiary/aromatic N) is 2. The molecular formula is C15H22N4O5.